The second-order valence-corrected chi connectivity index (χ2v) is 9.91. The maximum absolute atomic E-state index is 12.1. The lowest BCUT2D eigenvalue weighted by Crippen LogP contribution is -2.60. The van der Waals surface area contributed by atoms with Gasteiger partial charge in [-0.25, -0.2) is 0 Å². The maximum Gasteiger partial charge on any atom is 0.222 e. The van der Waals surface area contributed by atoms with Gasteiger partial charge >= 0.3 is 0 Å². The zero-order chi connectivity index (χ0) is 18.1. The molecule has 0 unspecified atom stereocenters. The van der Waals surface area contributed by atoms with Crippen LogP contribution in [0.15, 0.2) is 12.1 Å². The van der Waals surface area contributed by atoms with Crippen LogP contribution in [-0.4, -0.2) is 66.4 Å². The maximum atomic E-state index is 12.1. The fourth-order valence-corrected chi connectivity index (χ4v) is 6.33. The van der Waals surface area contributed by atoms with Crippen LogP contribution in [0.5, 0.6) is 0 Å². The Kier molecular flexibility index (Phi) is 5.40. The number of thiophene rings is 1. The van der Waals surface area contributed by atoms with Crippen molar-refractivity contribution in [2.24, 2.45) is 0 Å². The van der Waals surface area contributed by atoms with E-state index in [1.165, 1.54) is 30.6 Å². The van der Waals surface area contributed by atoms with E-state index in [0.29, 0.717) is 12.3 Å². The van der Waals surface area contributed by atoms with Crippen LogP contribution < -0.4 is 0 Å². The van der Waals surface area contributed by atoms with Crippen molar-refractivity contribution in [2.45, 2.75) is 62.9 Å². The molecule has 4 nitrogen and oxygen atoms in total. The summed E-state index contributed by atoms with van der Waals surface area (Å²) in [6.45, 7) is 5.32. The second kappa shape index (κ2) is 7.61. The van der Waals surface area contributed by atoms with Crippen molar-refractivity contribution in [1.82, 2.24) is 14.7 Å². The van der Waals surface area contributed by atoms with Gasteiger partial charge in [0.1, 0.15) is 0 Å². The van der Waals surface area contributed by atoms with Gasteiger partial charge in [-0.1, -0.05) is 12.8 Å². The minimum absolute atomic E-state index is 0.171. The molecule has 0 radical (unpaired) electrons. The zero-order valence-electron chi connectivity index (χ0n) is 16.4. The molecule has 1 spiro atoms. The summed E-state index contributed by atoms with van der Waals surface area (Å²) in [5, 5.41) is 0. The van der Waals surface area contributed by atoms with E-state index in [4.69, 9.17) is 0 Å². The summed E-state index contributed by atoms with van der Waals surface area (Å²) in [4.78, 5) is 22.4. The average molecular weight is 376 g/mol. The quantitative estimate of drug-likeness (QED) is 0.809. The summed E-state index contributed by atoms with van der Waals surface area (Å²) in [5.74, 6) is 1.14. The van der Waals surface area contributed by atoms with Gasteiger partial charge in [-0.3, -0.25) is 14.6 Å². The van der Waals surface area contributed by atoms with Gasteiger partial charge < -0.3 is 4.90 Å². The number of likely N-dealkylation sites (N-methyl/N-ethyl adjacent to an activating group) is 1. The SMILES string of the molecule is CN1CC[C@]2(CCC1=O)CN(Cc1ccc(C3CCCC3)s1)CCN2C. The van der Waals surface area contributed by atoms with Crippen molar-refractivity contribution < 1.29 is 4.79 Å². The molecule has 3 aliphatic rings. The van der Waals surface area contributed by atoms with E-state index in [-0.39, 0.29) is 5.54 Å². The Bertz CT molecular complexity index is 639. The second-order valence-electron chi connectivity index (χ2n) is 8.71. The van der Waals surface area contributed by atoms with Gasteiger partial charge in [-0.2, -0.15) is 0 Å². The van der Waals surface area contributed by atoms with Gasteiger partial charge in [-0.15, -0.1) is 11.3 Å². The van der Waals surface area contributed by atoms with E-state index in [1.807, 2.05) is 23.3 Å². The van der Waals surface area contributed by atoms with Crippen molar-refractivity contribution in [3.8, 4) is 0 Å². The van der Waals surface area contributed by atoms with Crippen molar-refractivity contribution in [3.05, 3.63) is 21.9 Å². The highest BCUT2D eigenvalue weighted by molar-refractivity contribution is 7.12. The Hall–Kier alpha value is -0.910. The summed E-state index contributed by atoms with van der Waals surface area (Å²) < 4.78 is 0. The van der Waals surface area contributed by atoms with E-state index in [1.54, 1.807) is 4.88 Å². The van der Waals surface area contributed by atoms with Crippen molar-refractivity contribution >= 4 is 17.2 Å². The summed E-state index contributed by atoms with van der Waals surface area (Å²) in [6.07, 6.45) is 8.39. The molecule has 3 heterocycles. The monoisotopic (exact) mass is 375 g/mol. The Morgan fingerprint density at radius 3 is 2.73 bits per heavy atom. The number of carbonyl (C=O) groups is 1. The lowest BCUT2D eigenvalue weighted by Gasteiger charge is -2.49. The molecular weight excluding hydrogens is 342 g/mol. The highest BCUT2D eigenvalue weighted by Crippen LogP contribution is 2.38. The van der Waals surface area contributed by atoms with E-state index >= 15 is 0 Å². The predicted octanol–water partition coefficient (Wildman–Crippen LogP) is 3.53. The molecule has 2 aliphatic heterocycles. The molecule has 1 aliphatic carbocycles. The summed E-state index contributed by atoms with van der Waals surface area (Å²) in [6, 6.07) is 4.76. The first-order valence-corrected chi connectivity index (χ1v) is 11.1. The van der Waals surface area contributed by atoms with Crippen LogP contribution in [0.3, 0.4) is 0 Å². The van der Waals surface area contributed by atoms with Crippen LogP contribution in [0.25, 0.3) is 0 Å². The highest BCUT2D eigenvalue weighted by Gasteiger charge is 2.41. The molecule has 4 rings (SSSR count). The fraction of sp³-hybridized carbons (Fsp3) is 0.762. The normalized spacial score (nSPS) is 29.6. The largest absolute Gasteiger partial charge is 0.346 e. The summed E-state index contributed by atoms with van der Waals surface area (Å²) >= 11 is 2.05. The third-order valence-electron chi connectivity index (χ3n) is 7.04. The van der Waals surface area contributed by atoms with Crippen LogP contribution in [0.2, 0.25) is 0 Å². The molecule has 1 atom stereocenters. The third kappa shape index (κ3) is 3.71. The average Bonchev–Trinajstić information content (AvgIpc) is 3.29. The van der Waals surface area contributed by atoms with Crippen LogP contribution in [0.1, 0.15) is 60.6 Å². The number of nitrogens with zero attached hydrogens (tertiary/aromatic N) is 3. The smallest absolute Gasteiger partial charge is 0.222 e. The van der Waals surface area contributed by atoms with Crippen molar-refractivity contribution in [3.63, 3.8) is 0 Å². The number of hydrogen-bond acceptors (Lipinski definition) is 4. The predicted molar refractivity (Wildman–Crippen MR) is 108 cm³/mol. The fourth-order valence-electron chi connectivity index (χ4n) is 5.10. The standard InChI is InChI=1S/C21H33N3OS/c1-22-12-11-21(10-9-20(22)25)16-24(14-13-23(21)2)15-18-7-8-19(26-18)17-5-3-4-6-17/h7-8,17H,3-6,9-16H2,1-2H3/t21-/m1/s1. The molecule has 0 aromatic carbocycles. The van der Waals surface area contributed by atoms with Gasteiger partial charge in [0.15, 0.2) is 0 Å². The summed E-state index contributed by atoms with van der Waals surface area (Å²) in [7, 11) is 4.22. The molecule has 5 heteroatoms. The Morgan fingerprint density at radius 2 is 1.92 bits per heavy atom. The number of rotatable bonds is 3. The molecule has 1 saturated carbocycles. The first-order chi connectivity index (χ1) is 12.6. The van der Waals surface area contributed by atoms with E-state index < -0.39 is 0 Å². The molecule has 2 saturated heterocycles. The van der Waals surface area contributed by atoms with E-state index in [9.17, 15) is 4.79 Å². The molecule has 144 valence electrons. The molecule has 0 bridgehead atoms. The van der Waals surface area contributed by atoms with Gasteiger partial charge in [0, 0.05) is 61.5 Å². The zero-order valence-corrected chi connectivity index (χ0v) is 17.2. The number of hydrogen-bond donors (Lipinski definition) is 0. The van der Waals surface area contributed by atoms with Gasteiger partial charge in [0.05, 0.1) is 0 Å². The first-order valence-electron chi connectivity index (χ1n) is 10.3. The van der Waals surface area contributed by atoms with Crippen LogP contribution in [0.4, 0.5) is 0 Å². The molecule has 1 aromatic heterocycles. The van der Waals surface area contributed by atoms with Gasteiger partial charge in [0.2, 0.25) is 5.91 Å². The Morgan fingerprint density at radius 1 is 1.12 bits per heavy atom. The molecule has 1 aromatic rings. The molecule has 1 amide bonds. The van der Waals surface area contributed by atoms with Crippen molar-refractivity contribution in [1.29, 1.82) is 0 Å². The molecular formula is C21H33N3OS. The molecule has 0 N–H and O–H groups in total. The molecule has 3 fully saturated rings. The van der Waals surface area contributed by atoms with Crippen molar-refractivity contribution in [2.75, 3.05) is 40.3 Å². The van der Waals surface area contributed by atoms with Crippen LogP contribution >= 0.6 is 11.3 Å². The van der Waals surface area contributed by atoms with E-state index in [0.717, 1.165) is 51.5 Å². The number of carbonyl (C=O) groups excluding carboxylic acids is 1. The first kappa shape index (κ1) is 18.5. The number of piperazine rings is 1. The Balaban J connectivity index is 1.42. The summed E-state index contributed by atoms with van der Waals surface area (Å²) in [5.41, 5.74) is 0.171. The Labute approximate surface area is 162 Å². The van der Waals surface area contributed by atoms with E-state index in [2.05, 4.69) is 29.0 Å². The third-order valence-corrected chi connectivity index (χ3v) is 8.27. The van der Waals surface area contributed by atoms with Crippen LogP contribution in [-0.2, 0) is 11.3 Å². The number of likely N-dealkylation sites (tertiary alicyclic amines) is 1. The topological polar surface area (TPSA) is 26.8 Å². The van der Waals surface area contributed by atoms with Gasteiger partial charge in [0.25, 0.3) is 0 Å². The van der Waals surface area contributed by atoms with Gasteiger partial charge in [-0.05, 0) is 50.8 Å². The lowest BCUT2D eigenvalue weighted by molar-refractivity contribution is -0.129. The number of amides is 1. The highest BCUT2D eigenvalue weighted by atomic mass is 32.1. The molecule has 26 heavy (non-hydrogen) atoms. The lowest BCUT2D eigenvalue weighted by atomic mass is 9.86. The minimum Gasteiger partial charge on any atom is -0.346 e. The van der Waals surface area contributed by atoms with Crippen LogP contribution in [0, 0.1) is 0 Å². The minimum atomic E-state index is 0.171.